The maximum absolute atomic E-state index is 10.7. The van der Waals surface area contributed by atoms with Gasteiger partial charge in [-0.15, -0.1) is 0 Å². The molecule has 0 amide bonds. The van der Waals surface area contributed by atoms with Crippen LogP contribution in [-0.2, 0) is 22.5 Å². The molecule has 1 saturated carbocycles. The number of hydrogen-bond acceptors (Lipinski definition) is 4. The minimum atomic E-state index is -0.895. The van der Waals surface area contributed by atoms with Crippen LogP contribution < -0.4 is 0 Å². The van der Waals surface area contributed by atoms with Crippen molar-refractivity contribution in [1.82, 2.24) is 9.78 Å². The van der Waals surface area contributed by atoms with Crippen LogP contribution in [0.2, 0.25) is 0 Å². The number of aliphatic carboxylic acids is 1. The largest absolute Gasteiger partial charge is 0.480 e. The van der Waals surface area contributed by atoms with Crippen LogP contribution in [-0.4, -0.2) is 46.1 Å². The highest BCUT2D eigenvalue weighted by molar-refractivity contribution is 7.98. The molecule has 35 heavy (non-hydrogen) atoms. The highest BCUT2D eigenvalue weighted by Gasteiger charge is 2.26. The summed E-state index contributed by atoms with van der Waals surface area (Å²) in [6, 6.07) is 19.3. The minimum Gasteiger partial charge on any atom is -0.480 e. The molecular weight excluding hydrogens is 456 g/mol. The zero-order valence-corrected chi connectivity index (χ0v) is 21.6. The topological polar surface area (TPSA) is 64.4 Å². The molecule has 0 bridgehead atoms. The number of aryl methyl sites for hydroxylation is 1. The first-order valence-electron chi connectivity index (χ1n) is 12.6. The Labute approximate surface area is 212 Å². The molecule has 186 valence electrons. The number of benzene rings is 2. The van der Waals surface area contributed by atoms with Crippen molar-refractivity contribution in [3.8, 4) is 22.4 Å². The van der Waals surface area contributed by atoms with Crippen molar-refractivity contribution >= 4 is 17.7 Å². The molecule has 0 aliphatic heterocycles. The van der Waals surface area contributed by atoms with Gasteiger partial charge in [-0.05, 0) is 68.4 Å². The van der Waals surface area contributed by atoms with E-state index in [4.69, 9.17) is 14.9 Å². The minimum absolute atomic E-state index is 0.198. The number of carbonyl (C=O) groups is 1. The Morgan fingerprint density at radius 2 is 1.77 bits per heavy atom. The Morgan fingerprint density at radius 3 is 2.46 bits per heavy atom. The highest BCUT2D eigenvalue weighted by atomic mass is 32.2. The second kappa shape index (κ2) is 12.4. The molecule has 4 rings (SSSR count). The number of thioether (sulfide) groups is 1. The molecule has 0 saturated heterocycles. The van der Waals surface area contributed by atoms with Gasteiger partial charge in [-0.1, -0.05) is 60.2 Å². The van der Waals surface area contributed by atoms with E-state index in [9.17, 15) is 4.79 Å². The lowest BCUT2D eigenvalue weighted by Crippen LogP contribution is -2.24. The zero-order valence-electron chi connectivity index (χ0n) is 20.8. The predicted molar refractivity (Wildman–Crippen MR) is 144 cm³/mol. The van der Waals surface area contributed by atoms with Gasteiger partial charge in [0.25, 0.3) is 0 Å². The van der Waals surface area contributed by atoms with Gasteiger partial charge in [0.1, 0.15) is 12.3 Å². The molecule has 1 fully saturated rings. The lowest BCUT2D eigenvalue weighted by atomic mass is 9.82. The standard InChI is InChI=1S/C29H36N2O3S/c1-21-7-6-10-25(17-21)28-26(15-16-35-2)31(30-29(28)24-8-4-3-5-9-24)18-22-11-13-23(14-12-22)19-34-20-27(32)33/h3-10,17,22-23H,11-16,18-20H2,1-2H3,(H,32,33). The first-order valence-corrected chi connectivity index (χ1v) is 13.9. The van der Waals surface area contributed by atoms with E-state index in [0.29, 0.717) is 18.4 Å². The van der Waals surface area contributed by atoms with E-state index in [-0.39, 0.29) is 6.61 Å². The van der Waals surface area contributed by atoms with Crippen LogP contribution in [0.1, 0.15) is 36.9 Å². The van der Waals surface area contributed by atoms with E-state index >= 15 is 0 Å². The zero-order chi connectivity index (χ0) is 24.6. The maximum atomic E-state index is 10.7. The molecule has 1 aliphatic rings. The predicted octanol–water partition coefficient (Wildman–Crippen LogP) is 6.34. The van der Waals surface area contributed by atoms with Crippen molar-refractivity contribution in [3.05, 3.63) is 65.9 Å². The monoisotopic (exact) mass is 492 g/mol. The smallest absolute Gasteiger partial charge is 0.329 e. The van der Waals surface area contributed by atoms with Crippen molar-refractivity contribution in [2.24, 2.45) is 11.8 Å². The van der Waals surface area contributed by atoms with Gasteiger partial charge >= 0.3 is 5.97 Å². The van der Waals surface area contributed by atoms with E-state index in [1.807, 2.05) is 11.8 Å². The molecule has 0 unspecified atom stereocenters. The quantitative estimate of drug-likeness (QED) is 0.338. The van der Waals surface area contributed by atoms with E-state index in [1.54, 1.807) is 0 Å². The summed E-state index contributed by atoms with van der Waals surface area (Å²) in [5.74, 6) is 1.20. The molecule has 0 atom stereocenters. The SMILES string of the molecule is CSCCc1c(-c2cccc(C)c2)c(-c2ccccc2)nn1CC1CCC(COCC(=O)O)CC1. The molecule has 1 aromatic heterocycles. The fourth-order valence-electron chi connectivity index (χ4n) is 5.14. The van der Waals surface area contributed by atoms with Gasteiger partial charge < -0.3 is 9.84 Å². The van der Waals surface area contributed by atoms with Crippen LogP contribution in [0.5, 0.6) is 0 Å². The third-order valence-electron chi connectivity index (χ3n) is 6.93. The fourth-order valence-corrected chi connectivity index (χ4v) is 5.54. The molecule has 0 radical (unpaired) electrons. The average molecular weight is 493 g/mol. The summed E-state index contributed by atoms with van der Waals surface area (Å²) in [7, 11) is 0. The lowest BCUT2D eigenvalue weighted by Gasteiger charge is -2.28. The summed E-state index contributed by atoms with van der Waals surface area (Å²) >= 11 is 1.88. The van der Waals surface area contributed by atoms with Crippen LogP contribution in [0.25, 0.3) is 22.4 Å². The molecule has 5 nitrogen and oxygen atoms in total. The van der Waals surface area contributed by atoms with E-state index < -0.39 is 5.97 Å². The second-order valence-corrected chi connectivity index (χ2v) is 10.6. The number of nitrogens with zero attached hydrogens (tertiary/aromatic N) is 2. The van der Waals surface area contributed by atoms with Gasteiger partial charge in [-0.2, -0.15) is 16.9 Å². The first kappa shape index (κ1) is 25.5. The molecule has 6 heteroatoms. The Kier molecular flexibility index (Phi) is 9.05. The van der Waals surface area contributed by atoms with Crippen molar-refractivity contribution in [2.45, 2.75) is 45.6 Å². The lowest BCUT2D eigenvalue weighted by molar-refractivity contribution is -0.142. The van der Waals surface area contributed by atoms with Crippen molar-refractivity contribution in [1.29, 1.82) is 0 Å². The van der Waals surface area contributed by atoms with Gasteiger partial charge in [0.05, 0.1) is 6.61 Å². The van der Waals surface area contributed by atoms with E-state index in [2.05, 4.69) is 72.5 Å². The number of hydrogen-bond donors (Lipinski definition) is 1. The highest BCUT2D eigenvalue weighted by Crippen LogP contribution is 2.37. The fraction of sp³-hybridized carbons (Fsp3) is 0.448. The van der Waals surface area contributed by atoms with Crippen LogP contribution in [0.15, 0.2) is 54.6 Å². The Bertz CT molecular complexity index is 1100. The van der Waals surface area contributed by atoms with Crippen molar-refractivity contribution in [2.75, 3.05) is 25.2 Å². The molecule has 1 N–H and O–H groups in total. The van der Waals surface area contributed by atoms with Crippen LogP contribution in [0.4, 0.5) is 0 Å². The van der Waals surface area contributed by atoms with E-state index in [1.165, 1.54) is 22.4 Å². The van der Waals surface area contributed by atoms with Gasteiger partial charge in [-0.3, -0.25) is 4.68 Å². The Hall–Kier alpha value is -2.57. The third kappa shape index (κ3) is 6.77. The molecule has 1 aliphatic carbocycles. The van der Waals surface area contributed by atoms with Crippen LogP contribution in [0, 0.1) is 18.8 Å². The maximum Gasteiger partial charge on any atom is 0.329 e. The van der Waals surface area contributed by atoms with Gasteiger partial charge in [0.15, 0.2) is 0 Å². The van der Waals surface area contributed by atoms with Gasteiger partial charge in [0, 0.05) is 23.4 Å². The normalized spacial score (nSPS) is 18.0. The average Bonchev–Trinajstić information content (AvgIpc) is 3.22. The number of carboxylic acid groups (broad SMARTS) is 1. The summed E-state index contributed by atoms with van der Waals surface area (Å²) in [6.07, 6.45) is 7.58. The third-order valence-corrected chi connectivity index (χ3v) is 7.54. The second-order valence-electron chi connectivity index (χ2n) is 9.63. The van der Waals surface area contributed by atoms with Crippen LogP contribution in [0.3, 0.4) is 0 Å². The summed E-state index contributed by atoms with van der Waals surface area (Å²) < 4.78 is 7.65. The summed E-state index contributed by atoms with van der Waals surface area (Å²) in [5, 5.41) is 14.0. The molecule has 1 heterocycles. The summed E-state index contributed by atoms with van der Waals surface area (Å²) in [4.78, 5) is 10.7. The molecule has 0 spiro atoms. The van der Waals surface area contributed by atoms with E-state index in [0.717, 1.165) is 55.7 Å². The van der Waals surface area contributed by atoms with Gasteiger partial charge in [-0.25, -0.2) is 4.79 Å². The molecule has 3 aromatic rings. The summed E-state index contributed by atoms with van der Waals surface area (Å²) in [6.45, 7) is 3.43. The van der Waals surface area contributed by atoms with Gasteiger partial charge in [0.2, 0.25) is 0 Å². The first-order chi connectivity index (χ1) is 17.0. The van der Waals surface area contributed by atoms with Crippen LogP contribution >= 0.6 is 11.8 Å². The van der Waals surface area contributed by atoms with Crippen molar-refractivity contribution in [3.63, 3.8) is 0 Å². The number of ether oxygens (including phenoxy) is 1. The molecular formula is C29H36N2O3S. The Balaban J connectivity index is 1.60. The number of carboxylic acids is 1. The van der Waals surface area contributed by atoms with Crippen molar-refractivity contribution < 1.29 is 14.6 Å². The summed E-state index contributed by atoms with van der Waals surface area (Å²) in [5.41, 5.74) is 7.33. The molecule has 2 aromatic carbocycles. The number of aromatic nitrogens is 2. The Morgan fingerprint density at radius 1 is 1.06 bits per heavy atom. The number of rotatable bonds is 11.